The number of rotatable bonds is 9. The van der Waals surface area contributed by atoms with Crippen LogP contribution in [0.4, 0.5) is 11.8 Å². The summed E-state index contributed by atoms with van der Waals surface area (Å²) in [5.41, 5.74) is 2.32. The molecule has 4 N–H and O–H groups in total. The van der Waals surface area contributed by atoms with Gasteiger partial charge < -0.3 is 20.6 Å². The summed E-state index contributed by atoms with van der Waals surface area (Å²) in [5, 5.41) is 25.5. The van der Waals surface area contributed by atoms with E-state index in [2.05, 4.69) is 22.5 Å². The molecule has 1 aliphatic heterocycles. The highest BCUT2D eigenvalue weighted by Crippen LogP contribution is 2.25. The summed E-state index contributed by atoms with van der Waals surface area (Å²) in [6.45, 7) is 4.58. The summed E-state index contributed by atoms with van der Waals surface area (Å²) in [5.74, 6) is 1.25. The Morgan fingerprint density at radius 1 is 1.12 bits per heavy atom. The van der Waals surface area contributed by atoms with E-state index in [4.69, 9.17) is 10.4 Å². The summed E-state index contributed by atoms with van der Waals surface area (Å²) in [4.78, 5) is 23.7. The Morgan fingerprint density at radius 2 is 1.79 bits per heavy atom. The number of likely N-dealkylation sites (tertiary alicyclic amines) is 1. The lowest BCUT2D eigenvalue weighted by atomic mass is 9.93. The topological polar surface area (TPSA) is 114 Å². The van der Waals surface area contributed by atoms with E-state index < -0.39 is 0 Å². The number of carbonyl (C=O) groups excluding carboxylic acids is 1. The molecule has 1 aliphatic carbocycles. The number of aromatic nitrogens is 2. The number of amides is 1. The number of unbranched alkanes of at least 4 members (excludes halogenated alkanes) is 1. The van der Waals surface area contributed by atoms with Crippen LogP contribution in [0.5, 0.6) is 0 Å². The lowest BCUT2D eigenvalue weighted by Gasteiger charge is -2.27. The van der Waals surface area contributed by atoms with Crippen LogP contribution in [-0.4, -0.2) is 63.4 Å². The first kappa shape index (κ1) is 24.1. The number of benzene rings is 1. The quantitative estimate of drug-likeness (QED) is 0.329. The number of hydrogen-bond acceptors (Lipinski definition) is 7. The molecule has 1 saturated heterocycles. The Morgan fingerprint density at radius 3 is 2.47 bits per heavy atom. The zero-order valence-corrected chi connectivity index (χ0v) is 20.0. The molecular weight excluding hydrogens is 428 g/mol. The Kier molecular flexibility index (Phi) is 8.11. The highest BCUT2D eigenvalue weighted by molar-refractivity contribution is 6.13. The van der Waals surface area contributed by atoms with E-state index in [0.717, 1.165) is 76.6 Å². The fourth-order valence-corrected chi connectivity index (χ4v) is 4.59. The molecule has 0 unspecified atom stereocenters. The van der Waals surface area contributed by atoms with E-state index in [1.165, 1.54) is 0 Å². The van der Waals surface area contributed by atoms with E-state index >= 15 is 0 Å². The molecule has 0 radical (unpaired) electrons. The predicted molar refractivity (Wildman–Crippen MR) is 135 cm³/mol. The Bertz CT molecular complexity index is 979. The third kappa shape index (κ3) is 5.91. The fraction of sp³-hybridized carbons (Fsp3) is 0.538. The second-order valence-electron chi connectivity index (χ2n) is 9.34. The van der Waals surface area contributed by atoms with Gasteiger partial charge in [-0.15, -0.1) is 0 Å². The molecule has 2 aromatic rings. The summed E-state index contributed by atoms with van der Waals surface area (Å²) < 4.78 is 0. The second kappa shape index (κ2) is 11.4. The molecule has 182 valence electrons. The molecule has 4 rings (SSSR count). The Labute approximate surface area is 201 Å². The van der Waals surface area contributed by atoms with Gasteiger partial charge in [0.05, 0.1) is 17.4 Å². The van der Waals surface area contributed by atoms with Gasteiger partial charge in [0.1, 0.15) is 5.82 Å². The first-order valence-corrected chi connectivity index (χ1v) is 12.6. The Balaban J connectivity index is 1.53. The van der Waals surface area contributed by atoms with Crippen LogP contribution in [0.25, 0.3) is 0 Å². The predicted octanol–water partition coefficient (Wildman–Crippen LogP) is 4.06. The number of anilines is 2. The molecule has 0 atom stereocenters. The highest BCUT2D eigenvalue weighted by atomic mass is 16.3. The summed E-state index contributed by atoms with van der Waals surface area (Å²) >= 11 is 0. The summed E-state index contributed by atoms with van der Waals surface area (Å²) in [6.07, 6.45) is 8.98. The molecule has 1 saturated carbocycles. The van der Waals surface area contributed by atoms with Gasteiger partial charge >= 0.3 is 0 Å². The van der Waals surface area contributed by atoms with Crippen molar-refractivity contribution in [2.45, 2.75) is 70.4 Å². The van der Waals surface area contributed by atoms with Gasteiger partial charge in [0.15, 0.2) is 0 Å². The second-order valence-corrected chi connectivity index (χ2v) is 9.34. The number of nitrogens with one attached hydrogen (secondary N) is 3. The third-order valence-electron chi connectivity index (χ3n) is 6.72. The minimum Gasteiger partial charge on any atom is -0.393 e. The Hall–Kier alpha value is -3.00. The lowest BCUT2D eigenvalue weighted by Crippen LogP contribution is -2.29. The van der Waals surface area contributed by atoms with Crippen LogP contribution in [0.3, 0.4) is 0 Å². The van der Waals surface area contributed by atoms with Gasteiger partial charge in [-0.05, 0) is 57.1 Å². The van der Waals surface area contributed by atoms with Gasteiger partial charge in [0.2, 0.25) is 5.95 Å². The first-order chi connectivity index (χ1) is 16.5. The van der Waals surface area contributed by atoms with Gasteiger partial charge in [0.25, 0.3) is 5.91 Å². The molecule has 1 aromatic heterocycles. The maximum absolute atomic E-state index is 12.7. The molecule has 8 heteroatoms. The molecular formula is C26H36N6O2. The van der Waals surface area contributed by atoms with Gasteiger partial charge in [-0.1, -0.05) is 25.5 Å². The van der Waals surface area contributed by atoms with Gasteiger partial charge in [-0.25, -0.2) is 4.98 Å². The van der Waals surface area contributed by atoms with E-state index in [1.54, 1.807) is 6.20 Å². The van der Waals surface area contributed by atoms with Crippen LogP contribution in [0, 0.1) is 5.41 Å². The molecule has 2 fully saturated rings. The van der Waals surface area contributed by atoms with Crippen LogP contribution in [0.2, 0.25) is 0 Å². The first-order valence-electron chi connectivity index (χ1n) is 12.6. The van der Waals surface area contributed by atoms with Crippen molar-refractivity contribution in [2.75, 3.05) is 30.3 Å². The minimum absolute atomic E-state index is 0.0586. The third-order valence-corrected chi connectivity index (χ3v) is 6.72. The average molecular weight is 465 g/mol. The van der Waals surface area contributed by atoms with Crippen LogP contribution in [-0.2, 0) is 0 Å². The van der Waals surface area contributed by atoms with Crippen molar-refractivity contribution in [3.05, 3.63) is 47.2 Å². The average Bonchev–Trinajstić information content (AvgIpc) is 3.40. The number of aliphatic hydroxyl groups is 1. The number of carbonyl (C=O) groups is 1. The van der Waals surface area contributed by atoms with Gasteiger partial charge in [-0.2, -0.15) is 4.98 Å². The van der Waals surface area contributed by atoms with Gasteiger partial charge in [-0.3, -0.25) is 10.2 Å². The molecule has 1 aromatic carbocycles. The smallest absolute Gasteiger partial charge is 0.253 e. The van der Waals surface area contributed by atoms with E-state index in [-0.39, 0.29) is 18.1 Å². The largest absolute Gasteiger partial charge is 0.393 e. The number of nitrogens with zero attached hydrogens (tertiary/aromatic N) is 3. The van der Waals surface area contributed by atoms with E-state index in [0.29, 0.717) is 28.6 Å². The van der Waals surface area contributed by atoms with Crippen LogP contribution in [0.1, 0.15) is 79.8 Å². The molecule has 2 heterocycles. The molecule has 34 heavy (non-hydrogen) atoms. The molecule has 0 bridgehead atoms. The SMILES string of the molecule is CCCCNc1ncc(C(=N)c2ccc(C(=O)N3CCCC3)cc2)c(NC2CCC(O)CC2)n1. The van der Waals surface area contributed by atoms with Crippen molar-refractivity contribution < 1.29 is 9.90 Å². The normalized spacial score (nSPS) is 20.2. The highest BCUT2D eigenvalue weighted by Gasteiger charge is 2.23. The van der Waals surface area contributed by atoms with Crippen molar-refractivity contribution in [3.8, 4) is 0 Å². The van der Waals surface area contributed by atoms with Crippen LogP contribution >= 0.6 is 0 Å². The van der Waals surface area contributed by atoms with Crippen molar-refractivity contribution in [1.29, 1.82) is 5.41 Å². The molecule has 8 nitrogen and oxygen atoms in total. The molecule has 2 aliphatic rings. The van der Waals surface area contributed by atoms with Gasteiger partial charge in [0, 0.05) is 43.0 Å². The molecule has 0 spiro atoms. The maximum atomic E-state index is 12.7. The zero-order valence-electron chi connectivity index (χ0n) is 20.0. The van der Waals surface area contributed by atoms with E-state index in [9.17, 15) is 9.90 Å². The lowest BCUT2D eigenvalue weighted by molar-refractivity contribution is 0.0793. The molecule has 1 amide bonds. The summed E-state index contributed by atoms with van der Waals surface area (Å²) in [6, 6.07) is 7.48. The van der Waals surface area contributed by atoms with E-state index in [1.807, 2.05) is 29.2 Å². The number of aliphatic hydroxyl groups excluding tert-OH is 1. The van der Waals surface area contributed by atoms with Crippen molar-refractivity contribution in [3.63, 3.8) is 0 Å². The maximum Gasteiger partial charge on any atom is 0.253 e. The van der Waals surface area contributed by atoms with Crippen molar-refractivity contribution in [2.24, 2.45) is 0 Å². The standard InChI is InChI=1S/C26H36N6O2/c1-2-3-14-28-26-29-17-22(24(31-26)30-20-10-12-21(33)13-11-20)23(27)18-6-8-19(9-7-18)25(34)32-15-4-5-16-32/h6-9,17,20-21,27,33H,2-5,10-16H2,1H3,(H2,28,29,30,31). The minimum atomic E-state index is -0.228. The summed E-state index contributed by atoms with van der Waals surface area (Å²) in [7, 11) is 0. The zero-order chi connectivity index (χ0) is 23.9. The number of hydrogen-bond donors (Lipinski definition) is 4. The monoisotopic (exact) mass is 464 g/mol. The van der Waals surface area contributed by atoms with Crippen LogP contribution in [0.15, 0.2) is 30.5 Å². The van der Waals surface area contributed by atoms with Crippen molar-refractivity contribution in [1.82, 2.24) is 14.9 Å². The van der Waals surface area contributed by atoms with Crippen LogP contribution < -0.4 is 10.6 Å². The fourth-order valence-electron chi connectivity index (χ4n) is 4.59. The van der Waals surface area contributed by atoms with Crippen molar-refractivity contribution >= 4 is 23.4 Å².